The van der Waals surface area contributed by atoms with Gasteiger partial charge in [-0.2, -0.15) is 5.26 Å². The van der Waals surface area contributed by atoms with E-state index in [-0.39, 0.29) is 23.1 Å². The first-order chi connectivity index (χ1) is 8.72. The minimum Gasteiger partial charge on any atom is -0.489 e. The SMILES string of the molecule is N#Cc1c(OC[C@H]2CCCO2)cccc1[N+](=O)[O-]. The molecule has 18 heavy (non-hydrogen) atoms. The third-order valence-corrected chi connectivity index (χ3v) is 2.76. The topological polar surface area (TPSA) is 85.4 Å². The number of nitro benzene ring substituents is 1. The summed E-state index contributed by atoms with van der Waals surface area (Å²) in [4.78, 5) is 10.2. The molecular weight excluding hydrogens is 236 g/mol. The van der Waals surface area contributed by atoms with E-state index in [2.05, 4.69) is 0 Å². The van der Waals surface area contributed by atoms with E-state index in [9.17, 15) is 10.1 Å². The number of ether oxygens (including phenoxy) is 2. The van der Waals surface area contributed by atoms with Crippen LogP contribution in [0.1, 0.15) is 18.4 Å². The molecular formula is C12H12N2O4. The molecule has 0 aliphatic carbocycles. The summed E-state index contributed by atoms with van der Waals surface area (Å²) in [5.41, 5.74) is -0.275. The van der Waals surface area contributed by atoms with Crippen molar-refractivity contribution in [1.82, 2.24) is 0 Å². The summed E-state index contributed by atoms with van der Waals surface area (Å²) in [5.74, 6) is 0.238. The summed E-state index contributed by atoms with van der Waals surface area (Å²) in [6.07, 6.45) is 1.92. The molecule has 1 heterocycles. The zero-order chi connectivity index (χ0) is 13.0. The molecule has 94 valence electrons. The Morgan fingerprint density at radius 2 is 2.44 bits per heavy atom. The van der Waals surface area contributed by atoms with E-state index < -0.39 is 4.92 Å². The van der Waals surface area contributed by atoms with Gasteiger partial charge in [-0.1, -0.05) is 6.07 Å². The number of rotatable bonds is 4. The first kappa shape index (κ1) is 12.3. The summed E-state index contributed by atoms with van der Waals surface area (Å²) in [7, 11) is 0. The van der Waals surface area contributed by atoms with E-state index in [1.165, 1.54) is 12.1 Å². The van der Waals surface area contributed by atoms with Crippen molar-refractivity contribution in [2.24, 2.45) is 0 Å². The van der Waals surface area contributed by atoms with Gasteiger partial charge in [-0.3, -0.25) is 10.1 Å². The van der Waals surface area contributed by atoms with Gasteiger partial charge in [0.15, 0.2) is 5.56 Å². The summed E-state index contributed by atoms with van der Waals surface area (Å²) in [5, 5.41) is 19.7. The molecule has 0 spiro atoms. The number of benzene rings is 1. The minimum atomic E-state index is -0.586. The lowest BCUT2D eigenvalue weighted by molar-refractivity contribution is -0.385. The molecule has 1 aromatic rings. The second-order valence-electron chi connectivity index (χ2n) is 3.97. The molecule has 1 aliphatic rings. The average molecular weight is 248 g/mol. The number of hydrogen-bond donors (Lipinski definition) is 0. The van der Waals surface area contributed by atoms with E-state index >= 15 is 0 Å². The molecule has 1 saturated heterocycles. The van der Waals surface area contributed by atoms with Gasteiger partial charge in [-0.25, -0.2) is 0 Å². The van der Waals surface area contributed by atoms with Crippen LogP contribution in [0.5, 0.6) is 5.75 Å². The van der Waals surface area contributed by atoms with Crippen LogP contribution in [-0.2, 0) is 4.74 Å². The smallest absolute Gasteiger partial charge is 0.290 e. The highest BCUT2D eigenvalue weighted by Gasteiger charge is 2.21. The maximum absolute atomic E-state index is 10.8. The predicted molar refractivity (Wildman–Crippen MR) is 62.3 cm³/mol. The van der Waals surface area contributed by atoms with Gasteiger partial charge in [-0.15, -0.1) is 0 Å². The standard InChI is InChI=1S/C12H12N2O4/c13-7-10-11(14(15)16)4-1-5-12(10)18-8-9-3-2-6-17-9/h1,4-5,9H,2-3,6,8H2/t9-/m1/s1. The van der Waals surface area contributed by atoms with Crippen molar-refractivity contribution < 1.29 is 14.4 Å². The van der Waals surface area contributed by atoms with Crippen molar-refractivity contribution in [3.63, 3.8) is 0 Å². The Kier molecular flexibility index (Phi) is 3.75. The highest BCUT2D eigenvalue weighted by molar-refractivity contribution is 5.56. The summed E-state index contributed by atoms with van der Waals surface area (Å²) >= 11 is 0. The fraction of sp³-hybridized carbons (Fsp3) is 0.417. The Bertz CT molecular complexity index is 489. The molecule has 1 aliphatic heterocycles. The van der Waals surface area contributed by atoms with E-state index in [0.29, 0.717) is 13.2 Å². The van der Waals surface area contributed by atoms with Crippen LogP contribution in [0.3, 0.4) is 0 Å². The van der Waals surface area contributed by atoms with E-state index in [1.54, 1.807) is 6.07 Å². The van der Waals surface area contributed by atoms with Gasteiger partial charge in [0.1, 0.15) is 18.4 Å². The Morgan fingerprint density at radius 3 is 3.06 bits per heavy atom. The van der Waals surface area contributed by atoms with Crippen molar-refractivity contribution in [3.05, 3.63) is 33.9 Å². The van der Waals surface area contributed by atoms with Crippen molar-refractivity contribution >= 4 is 5.69 Å². The molecule has 0 amide bonds. The van der Waals surface area contributed by atoms with Crippen LogP contribution >= 0.6 is 0 Å². The van der Waals surface area contributed by atoms with Crippen molar-refractivity contribution in [3.8, 4) is 11.8 Å². The second-order valence-corrected chi connectivity index (χ2v) is 3.97. The third-order valence-electron chi connectivity index (χ3n) is 2.76. The van der Waals surface area contributed by atoms with Crippen LogP contribution in [0.4, 0.5) is 5.69 Å². The normalized spacial score (nSPS) is 18.3. The van der Waals surface area contributed by atoms with Crippen LogP contribution in [0.15, 0.2) is 18.2 Å². The van der Waals surface area contributed by atoms with Gasteiger partial charge in [0.2, 0.25) is 0 Å². The lowest BCUT2D eigenvalue weighted by Crippen LogP contribution is -2.16. The highest BCUT2D eigenvalue weighted by atomic mass is 16.6. The maximum atomic E-state index is 10.8. The number of nitriles is 1. The molecule has 2 rings (SSSR count). The first-order valence-electron chi connectivity index (χ1n) is 5.64. The van der Waals surface area contributed by atoms with E-state index in [4.69, 9.17) is 14.7 Å². The number of nitrogens with zero attached hydrogens (tertiary/aromatic N) is 2. The zero-order valence-electron chi connectivity index (χ0n) is 9.67. The Hall–Kier alpha value is -2.13. The molecule has 0 bridgehead atoms. The molecule has 0 unspecified atom stereocenters. The summed E-state index contributed by atoms with van der Waals surface area (Å²) < 4.78 is 10.8. The van der Waals surface area contributed by atoms with E-state index in [0.717, 1.165) is 12.8 Å². The lowest BCUT2D eigenvalue weighted by atomic mass is 10.2. The minimum absolute atomic E-state index is 0.0100. The van der Waals surface area contributed by atoms with Gasteiger partial charge in [0.25, 0.3) is 5.69 Å². The largest absolute Gasteiger partial charge is 0.489 e. The molecule has 6 nitrogen and oxygen atoms in total. The Morgan fingerprint density at radius 1 is 1.61 bits per heavy atom. The predicted octanol–water partition coefficient (Wildman–Crippen LogP) is 2.02. The molecule has 0 saturated carbocycles. The highest BCUT2D eigenvalue weighted by Crippen LogP contribution is 2.27. The Labute approximate surface area is 104 Å². The van der Waals surface area contributed by atoms with Gasteiger partial charge >= 0.3 is 0 Å². The molecule has 1 atom stereocenters. The van der Waals surface area contributed by atoms with Crippen LogP contribution in [0.2, 0.25) is 0 Å². The van der Waals surface area contributed by atoms with Gasteiger partial charge in [0, 0.05) is 12.7 Å². The van der Waals surface area contributed by atoms with Crippen molar-refractivity contribution in [2.75, 3.05) is 13.2 Å². The van der Waals surface area contributed by atoms with Gasteiger partial charge < -0.3 is 9.47 Å². The van der Waals surface area contributed by atoms with E-state index in [1.807, 2.05) is 6.07 Å². The van der Waals surface area contributed by atoms with Crippen LogP contribution in [-0.4, -0.2) is 24.2 Å². The van der Waals surface area contributed by atoms with Gasteiger partial charge in [0.05, 0.1) is 11.0 Å². The molecule has 1 fully saturated rings. The molecule has 6 heteroatoms. The molecule has 0 radical (unpaired) electrons. The average Bonchev–Trinajstić information content (AvgIpc) is 2.88. The van der Waals surface area contributed by atoms with Gasteiger partial charge in [-0.05, 0) is 18.9 Å². The molecule has 1 aromatic carbocycles. The quantitative estimate of drug-likeness (QED) is 0.601. The number of nitro groups is 1. The summed E-state index contributed by atoms with van der Waals surface area (Å²) in [6, 6.07) is 6.16. The van der Waals surface area contributed by atoms with Crippen LogP contribution in [0, 0.1) is 21.4 Å². The zero-order valence-corrected chi connectivity index (χ0v) is 9.67. The van der Waals surface area contributed by atoms with Crippen molar-refractivity contribution in [2.45, 2.75) is 18.9 Å². The molecule has 0 aromatic heterocycles. The fourth-order valence-electron chi connectivity index (χ4n) is 1.86. The second kappa shape index (κ2) is 5.47. The third kappa shape index (κ3) is 2.57. The Balaban J connectivity index is 2.14. The first-order valence-corrected chi connectivity index (χ1v) is 5.64. The maximum Gasteiger partial charge on any atom is 0.290 e. The van der Waals surface area contributed by atoms with Crippen LogP contribution < -0.4 is 4.74 Å². The number of hydrogen-bond acceptors (Lipinski definition) is 5. The molecule has 0 N–H and O–H groups in total. The lowest BCUT2D eigenvalue weighted by Gasteiger charge is -2.12. The fourth-order valence-corrected chi connectivity index (χ4v) is 1.86. The summed E-state index contributed by atoms with van der Waals surface area (Å²) in [6.45, 7) is 1.03. The van der Waals surface area contributed by atoms with Crippen molar-refractivity contribution in [1.29, 1.82) is 5.26 Å². The monoisotopic (exact) mass is 248 g/mol. The van der Waals surface area contributed by atoms with Crippen LogP contribution in [0.25, 0.3) is 0 Å².